The summed E-state index contributed by atoms with van der Waals surface area (Å²) in [6.45, 7) is 4.25. The molecule has 0 bridgehead atoms. The van der Waals surface area contributed by atoms with Crippen LogP contribution in [0.15, 0.2) is 60.9 Å². The second kappa shape index (κ2) is 9.71. The third-order valence-electron chi connectivity index (χ3n) is 7.93. The number of hydrogen-bond donors (Lipinski definition) is 4. The number of carbonyl (C=O) groups excluding carboxylic acids is 2. The van der Waals surface area contributed by atoms with Gasteiger partial charge in [0.2, 0.25) is 0 Å². The van der Waals surface area contributed by atoms with E-state index in [2.05, 4.69) is 20.7 Å². The first-order chi connectivity index (χ1) is 18.8. The first-order valence-electron chi connectivity index (χ1n) is 13.4. The molecule has 2 aromatic carbocycles. The van der Waals surface area contributed by atoms with E-state index in [1.54, 1.807) is 0 Å². The highest BCUT2D eigenvalue weighted by molar-refractivity contribution is 6.35. The molecule has 1 aliphatic carbocycles. The Labute approximate surface area is 227 Å². The Bertz CT molecular complexity index is 1610. The second-order valence-electron chi connectivity index (χ2n) is 10.7. The molecule has 0 radical (unpaired) electrons. The predicted octanol–water partition coefficient (Wildman–Crippen LogP) is 4.98. The average Bonchev–Trinajstić information content (AvgIpc) is 3.71. The van der Waals surface area contributed by atoms with E-state index in [1.807, 2.05) is 85.5 Å². The molecule has 2 aliphatic rings. The smallest absolute Gasteiger partial charge is 0.256 e. The van der Waals surface area contributed by atoms with Gasteiger partial charge < -0.3 is 21.4 Å². The van der Waals surface area contributed by atoms with Crippen LogP contribution < -0.4 is 16.4 Å². The van der Waals surface area contributed by atoms with E-state index >= 15 is 0 Å². The summed E-state index contributed by atoms with van der Waals surface area (Å²) in [6, 6.07) is 15.8. The number of nitrogens with zero attached hydrogens (tertiary/aromatic N) is 2. The Morgan fingerprint density at radius 1 is 1.13 bits per heavy atom. The lowest BCUT2D eigenvalue weighted by atomic mass is 9.98. The van der Waals surface area contributed by atoms with Gasteiger partial charge in [0.1, 0.15) is 0 Å². The van der Waals surface area contributed by atoms with Crippen LogP contribution in [0.1, 0.15) is 58.6 Å². The minimum atomic E-state index is -0.320. The third kappa shape index (κ3) is 4.68. The molecule has 0 saturated heterocycles. The van der Waals surface area contributed by atoms with Crippen molar-refractivity contribution in [2.75, 3.05) is 11.9 Å². The first kappa shape index (κ1) is 24.9. The molecule has 4 aromatic rings. The van der Waals surface area contributed by atoms with Crippen LogP contribution in [0.4, 0.5) is 5.69 Å². The molecule has 39 heavy (non-hydrogen) atoms. The van der Waals surface area contributed by atoms with Gasteiger partial charge in [-0.1, -0.05) is 37.1 Å². The van der Waals surface area contributed by atoms with Gasteiger partial charge in [-0.25, -0.2) is 4.68 Å². The van der Waals surface area contributed by atoms with E-state index in [0.717, 1.165) is 70.7 Å². The Hall–Kier alpha value is -4.43. The molecule has 1 saturated carbocycles. The molecule has 0 unspecified atom stereocenters. The van der Waals surface area contributed by atoms with Crippen LogP contribution in [0, 0.1) is 13.8 Å². The van der Waals surface area contributed by atoms with Crippen molar-refractivity contribution >= 4 is 29.2 Å². The number of aryl methyl sites for hydroxylation is 1. The summed E-state index contributed by atoms with van der Waals surface area (Å²) in [6.07, 6.45) is 9.70. The Morgan fingerprint density at radius 2 is 1.90 bits per heavy atom. The number of amides is 2. The van der Waals surface area contributed by atoms with Crippen molar-refractivity contribution in [3.05, 3.63) is 89.0 Å². The van der Waals surface area contributed by atoms with Gasteiger partial charge in [-0.05, 0) is 68.2 Å². The standard InChI is InChI=1S/C31H32N6O2/c1-19-27(35-20(2)28(19)30(39)33-18-31(32)12-6-7-13-31)15-25-24-14-21(10-11-26(24)36-29(25)38)22-16-34-37(17-22)23-8-4-3-5-9-23/h3-5,8-11,14-17,35H,6-7,12-13,18,32H2,1-2H3,(H,33,39)(H,36,38)/b25-15-. The first-order valence-corrected chi connectivity index (χ1v) is 13.4. The van der Waals surface area contributed by atoms with E-state index < -0.39 is 0 Å². The van der Waals surface area contributed by atoms with Gasteiger partial charge in [-0.3, -0.25) is 9.59 Å². The normalized spacial score (nSPS) is 16.9. The summed E-state index contributed by atoms with van der Waals surface area (Å²) in [5.74, 6) is -0.317. The quantitative estimate of drug-likeness (QED) is 0.268. The summed E-state index contributed by atoms with van der Waals surface area (Å²) in [7, 11) is 0. The van der Waals surface area contributed by atoms with Crippen molar-refractivity contribution in [3.63, 3.8) is 0 Å². The fourth-order valence-corrected chi connectivity index (χ4v) is 5.71. The minimum Gasteiger partial charge on any atom is -0.358 e. The number of aromatic amines is 1. The van der Waals surface area contributed by atoms with Crippen molar-refractivity contribution in [2.45, 2.75) is 45.1 Å². The lowest BCUT2D eigenvalue weighted by molar-refractivity contribution is -0.110. The highest BCUT2D eigenvalue weighted by atomic mass is 16.2. The Morgan fingerprint density at radius 3 is 2.67 bits per heavy atom. The molecule has 1 aliphatic heterocycles. The Kier molecular flexibility index (Phi) is 6.19. The van der Waals surface area contributed by atoms with E-state index in [4.69, 9.17) is 5.73 Å². The summed E-state index contributed by atoms with van der Waals surface area (Å²) < 4.78 is 1.83. The summed E-state index contributed by atoms with van der Waals surface area (Å²) >= 11 is 0. The molecular formula is C31H32N6O2. The predicted molar refractivity (Wildman–Crippen MR) is 153 cm³/mol. The molecular weight excluding hydrogens is 488 g/mol. The van der Waals surface area contributed by atoms with Crippen LogP contribution in [0.2, 0.25) is 0 Å². The van der Waals surface area contributed by atoms with Crippen molar-refractivity contribution in [2.24, 2.45) is 5.73 Å². The molecule has 2 amide bonds. The van der Waals surface area contributed by atoms with Gasteiger partial charge in [-0.2, -0.15) is 5.10 Å². The maximum absolute atomic E-state index is 13.1. The number of para-hydroxylation sites is 1. The monoisotopic (exact) mass is 520 g/mol. The number of nitrogens with one attached hydrogen (secondary N) is 3. The number of anilines is 1. The highest BCUT2D eigenvalue weighted by Crippen LogP contribution is 2.37. The summed E-state index contributed by atoms with van der Waals surface area (Å²) in [4.78, 5) is 29.4. The number of benzene rings is 2. The molecule has 5 N–H and O–H groups in total. The van der Waals surface area contributed by atoms with Crippen LogP contribution in [-0.4, -0.2) is 38.7 Å². The van der Waals surface area contributed by atoms with Crippen molar-refractivity contribution in [1.82, 2.24) is 20.1 Å². The number of aromatic nitrogens is 3. The average molecular weight is 521 g/mol. The van der Waals surface area contributed by atoms with Gasteiger partial charge in [0.25, 0.3) is 11.8 Å². The minimum absolute atomic E-state index is 0.142. The molecule has 8 nitrogen and oxygen atoms in total. The molecule has 1 fully saturated rings. The maximum atomic E-state index is 13.1. The fourth-order valence-electron chi connectivity index (χ4n) is 5.71. The van der Waals surface area contributed by atoms with Crippen LogP contribution in [0.5, 0.6) is 0 Å². The summed E-state index contributed by atoms with van der Waals surface area (Å²) in [5, 5.41) is 10.5. The molecule has 2 aromatic heterocycles. The number of hydrogen-bond acceptors (Lipinski definition) is 4. The fraction of sp³-hybridized carbons (Fsp3) is 0.258. The van der Waals surface area contributed by atoms with Crippen LogP contribution in [-0.2, 0) is 4.79 Å². The molecule has 198 valence electrons. The molecule has 0 spiro atoms. The van der Waals surface area contributed by atoms with E-state index in [-0.39, 0.29) is 17.4 Å². The van der Waals surface area contributed by atoms with Gasteiger partial charge >= 0.3 is 0 Å². The lowest BCUT2D eigenvalue weighted by Gasteiger charge is -2.23. The zero-order chi connectivity index (χ0) is 27.1. The maximum Gasteiger partial charge on any atom is 0.256 e. The number of H-pyrrole nitrogens is 1. The largest absolute Gasteiger partial charge is 0.358 e. The number of carbonyl (C=O) groups is 2. The molecule has 8 heteroatoms. The van der Waals surface area contributed by atoms with Crippen molar-refractivity contribution < 1.29 is 9.59 Å². The third-order valence-corrected chi connectivity index (χ3v) is 7.93. The highest BCUT2D eigenvalue weighted by Gasteiger charge is 2.31. The Balaban J connectivity index is 1.28. The summed E-state index contributed by atoms with van der Waals surface area (Å²) in [5.41, 5.74) is 14.0. The van der Waals surface area contributed by atoms with Crippen LogP contribution >= 0.6 is 0 Å². The number of nitrogens with two attached hydrogens (primary N) is 1. The zero-order valence-electron chi connectivity index (χ0n) is 22.2. The van der Waals surface area contributed by atoms with E-state index in [0.29, 0.717) is 17.7 Å². The van der Waals surface area contributed by atoms with Gasteiger partial charge in [0.05, 0.1) is 23.0 Å². The van der Waals surface area contributed by atoms with Crippen molar-refractivity contribution in [3.8, 4) is 16.8 Å². The SMILES string of the molecule is Cc1[nH]c(/C=C2\C(=O)Nc3ccc(-c4cnn(-c5ccccc5)c4)cc32)c(C)c1C(=O)NCC1(N)CCCC1. The van der Waals surface area contributed by atoms with E-state index in [9.17, 15) is 9.59 Å². The molecule has 0 atom stereocenters. The van der Waals surface area contributed by atoms with Gasteiger partial charge in [0, 0.05) is 46.5 Å². The van der Waals surface area contributed by atoms with Crippen LogP contribution in [0.3, 0.4) is 0 Å². The van der Waals surface area contributed by atoms with E-state index in [1.165, 1.54) is 0 Å². The topological polar surface area (TPSA) is 118 Å². The van der Waals surface area contributed by atoms with Gasteiger partial charge in [-0.15, -0.1) is 0 Å². The number of rotatable bonds is 6. The van der Waals surface area contributed by atoms with Gasteiger partial charge in [0.15, 0.2) is 0 Å². The lowest BCUT2D eigenvalue weighted by Crippen LogP contribution is -2.48. The number of fused-ring (bicyclic) bond motifs is 1. The molecule has 6 rings (SSSR count). The zero-order valence-corrected chi connectivity index (χ0v) is 22.2. The second-order valence-corrected chi connectivity index (χ2v) is 10.7. The van der Waals surface area contributed by atoms with Crippen LogP contribution in [0.25, 0.3) is 28.5 Å². The molecule has 3 heterocycles. The van der Waals surface area contributed by atoms with Crippen molar-refractivity contribution in [1.29, 1.82) is 0 Å².